The van der Waals surface area contributed by atoms with E-state index in [0.717, 1.165) is 5.56 Å². The van der Waals surface area contributed by atoms with Gasteiger partial charge in [-0.1, -0.05) is 12.1 Å². The zero-order valence-corrected chi connectivity index (χ0v) is 8.73. The van der Waals surface area contributed by atoms with Gasteiger partial charge in [0.1, 0.15) is 5.75 Å². The number of benzene rings is 1. The minimum absolute atomic E-state index is 0.258. The van der Waals surface area contributed by atoms with Crippen molar-refractivity contribution in [1.82, 2.24) is 4.98 Å². The van der Waals surface area contributed by atoms with Crippen LogP contribution >= 0.6 is 0 Å². The van der Waals surface area contributed by atoms with E-state index < -0.39 is 5.97 Å². The molecule has 2 N–H and O–H groups in total. The van der Waals surface area contributed by atoms with Crippen LogP contribution in [0.1, 0.15) is 10.4 Å². The second kappa shape index (κ2) is 4.10. The molecule has 0 aliphatic rings. The summed E-state index contributed by atoms with van der Waals surface area (Å²) in [6.07, 6.45) is 3.13. The summed E-state index contributed by atoms with van der Waals surface area (Å²) in [4.78, 5) is 13.8. The number of carboxylic acids is 1. The van der Waals surface area contributed by atoms with Crippen molar-refractivity contribution in [1.29, 1.82) is 0 Å². The number of aromatic carboxylic acids is 1. The van der Waals surface area contributed by atoms with E-state index in [2.05, 4.69) is 4.98 Å². The molecule has 0 amide bonds. The average molecular weight is 217 g/mol. The molecule has 0 saturated carbocycles. The number of hydrogen-bond acceptors (Lipinski definition) is 2. The minimum atomic E-state index is -0.945. The fourth-order valence-electron chi connectivity index (χ4n) is 1.57. The van der Waals surface area contributed by atoms with E-state index in [1.165, 1.54) is 6.20 Å². The summed E-state index contributed by atoms with van der Waals surface area (Å²) in [6.45, 7) is 0. The number of carbonyl (C=O) groups is 1. The number of rotatable bonds is 3. The Labute approximate surface area is 92.5 Å². The van der Waals surface area contributed by atoms with Crippen LogP contribution in [0.4, 0.5) is 0 Å². The normalized spacial score (nSPS) is 10.1. The molecule has 0 aliphatic heterocycles. The van der Waals surface area contributed by atoms with E-state index in [-0.39, 0.29) is 5.56 Å². The zero-order valence-electron chi connectivity index (χ0n) is 8.73. The first kappa shape index (κ1) is 10.3. The number of hydrogen-bond donors (Lipinski definition) is 2. The van der Waals surface area contributed by atoms with E-state index in [1.807, 2.05) is 18.2 Å². The van der Waals surface area contributed by atoms with Crippen LogP contribution in [0.25, 0.3) is 11.1 Å². The van der Waals surface area contributed by atoms with Crippen LogP contribution in [0.3, 0.4) is 0 Å². The van der Waals surface area contributed by atoms with Crippen molar-refractivity contribution in [2.75, 3.05) is 7.11 Å². The van der Waals surface area contributed by atoms with Crippen molar-refractivity contribution >= 4 is 5.97 Å². The molecule has 1 aromatic heterocycles. The molecule has 0 bridgehead atoms. The van der Waals surface area contributed by atoms with Crippen molar-refractivity contribution < 1.29 is 14.6 Å². The summed E-state index contributed by atoms with van der Waals surface area (Å²) < 4.78 is 5.10. The third kappa shape index (κ3) is 1.77. The summed E-state index contributed by atoms with van der Waals surface area (Å²) in [5, 5.41) is 8.99. The Bertz CT molecular complexity index is 516. The number of ether oxygens (including phenoxy) is 1. The summed E-state index contributed by atoms with van der Waals surface area (Å²) in [6, 6.07) is 7.29. The molecule has 0 spiro atoms. The fourth-order valence-corrected chi connectivity index (χ4v) is 1.57. The first-order valence-electron chi connectivity index (χ1n) is 4.77. The maximum absolute atomic E-state index is 11.0. The Morgan fingerprint density at radius 1 is 1.38 bits per heavy atom. The molecule has 1 aromatic carbocycles. The van der Waals surface area contributed by atoms with Crippen LogP contribution < -0.4 is 4.74 Å². The highest BCUT2D eigenvalue weighted by atomic mass is 16.5. The molecule has 16 heavy (non-hydrogen) atoms. The molecule has 4 heteroatoms. The van der Waals surface area contributed by atoms with Gasteiger partial charge in [0.15, 0.2) is 0 Å². The highest BCUT2D eigenvalue weighted by molar-refractivity contribution is 5.95. The Hall–Kier alpha value is -2.23. The van der Waals surface area contributed by atoms with E-state index in [1.54, 1.807) is 19.4 Å². The lowest BCUT2D eigenvalue weighted by atomic mass is 10.0. The van der Waals surface area contributed by atoms with Gasteiger partial charge < -0.3 is 14.8 Å². The lowest BCUT2D eigenvalue weighted by molar-refractivity contribution is 0.0698. The predicted molar refractivity (Wildman–Crippen MR) is 59.7 cm³/mol. The quantitative estimate of drug-likeness (QED) is 0.829. The fraction of sp³-hybridized carbons (Fsp3) is 0.0833. The first-order valence-corrected chi connectivity index (χ1v) is 4.77. The van der Waals surface area contributed by atoms with Gasteiger partial charge in [-0.3, -0.25) is 0 Å². The lowest BCUT2D eigenvalue weighted by Crippen LogP contribution is -1.96. The van der Waals surface area contributed by atoms with Crippen molar-refractivity contribution in [2.45, 2.75) is 0 Å². The number of methoxy groups -OCH3 is 1. The molecule has 82 valence electrons. The standard InChI is InChI=1S/C12H11NO3/c1-16-9-4-2-3-8(5-9)10-6-13-7-11(10)12(14)15/h2-7,13H,1H3,(H,14,15). The SMILES string of the molecule is COc1cccc(-c2c[nH]cc2C(=O)O)c1. The van der Waals surface area contributed by atoms with Crippen LogP contribution in [-0.2, 0) is 0 Å². The summed E-state index contributed by atoms with van der Waals surface area (Å²) in [5.41, 5.74) is 1.73. The van der Waals surface area contributed by atoms with Gasteiger partial charge in [0.05, 0.1) is 12.7 Å². The molecule has 2 rings (SSSR count). The Balaban J connectivity index is 2.50. The van der Waals surface area contributed by atoms with Gasteiger partial charge in [0, 0.05) is 18.0 Å². The average Bonchev–Trinajstić information content (AvgIpc) is 2.78. The molecule has 2 aromatic rings. The topological polar surface area (TPSA) is 62.3 Å². The van der Waals surface area contributed by atoms with E-state index >= 15 is 0 Å². The van der Waals surface area contributed by atoms with Gasteiger partial charge in [-0.15, -0.1) is 0 Å². The smallest absolute Gasteiger partial charge is 0.337 e. The molecule has 0 saturated heterocycles. The largest absolute Gasteiger partial charge is 0.497 e. The number of aromatic nitrogens is 1. The molecule has 4 nitrogen and oxygen atoms in total. The summed E-state index contributed by atoms with van der Waals surface area (Å²) >= 11 is 0. The zero-order chi connectivity index (χ0) is 11.5. The van der Waals surface area contributed by atoms with E-state index in [4.69, 9.17) is 9.84 Å². The number of carboxylic acid groups (broad SMARTS) is 1. The molecule has 0 unspecified atom stereocenters. The highest BCUT2D eigenvalue weighted by Gasteiger charge is 2.12. The van der Waals surface area contributed by atoms with E-state index in [0.29, 0.717) is 11.3 Å². The highest BCUT2D eigenvalue weighted by Crippen LogP contribution is 2.26. The molecule has 0 aliphatic carbocycles. The van der Waals surface area contributed by atoms with Crippen LogP contribution in [0, 0.1) is 0 Å². The number of H-pyrrole nitrogens is 1. The molecular weight excluding hydrogens is 206 g/mol. The van der Waals surface area contributed by atoms with Gasteiger partial charge in [0.2, 0.25) is 0 Å². The second-order valence-corrected chi connectivity index (χ2v) is 3.32. The third-order valence-electron chi connectivity index (χ3n) is 2.36. The summed E-state index contributed by atoms with van der Waals surface area (Å²) in [5.74, 6) is -0.242. The number of nitrogens with one attached hydrogen (secondary N) is 1. The van der Waals surface area contributed by atoms with Crippen molar-refractivity contribution in [2.24, 2.45) is 0 Å². The third-order valence-corrected chi connectivity index (χ3v) is 2.36. The lowest BCUT2D eigenvalue weighted by Gasteiger charge is -2.03. The number of aromatic amines is 1. The Morgan fingerprint density at radius 2 is 2.19 bits per heavy atom. The molecule has 1 heterocycles. The van der Waals surface area contributed by atoms with Crippen molar-refractivity contribution in [3.8, 4) is 16.9 Å². The van der Waals surface area contributed by atoms with Gasteiger partial charge in [0.25, 0.3) is 0 Å². The Kier molecular flexibility index (Phi) is 2.64. The van der Waals surface area contributed by atoms with Crippen molar-refractivity contribution in [3.63, 3.8) is 0 Å². The molecule has 0 fully saturated rings. The monoisotopic (exact) mass is 217 g/mol. The van der Waals surface area contributed by atoms with Crippen LogP contribution in [0.15, 0.2) is 36.7 Å². The predicted octanol–water partition coefficient (Wildman–Crippen LogP) is 2.39. The van der Waals surface area contributed by atoms with Gasteiger partial charge in [-0.25, -0.2) is 4.79 Å². The van der Waals surface area contributed by atoms with Crippen molar-refractivity contribution in [3.05, 3.63) is 42.2 Å². The van der Waals surface area contributed by atoms with Crippen LogP contribution in [0.5, 0.6) is 5.75 Å². The van der Waals surface area contributed by atoms with Gasteiger partial charge in [-0.05, 0) is 17.7 Å². The van der Waals surface area contributed by atoms with Gasteiger partial charge in [-0.2, -0.15) is 0 Å². The van der Waals surface area contributed by atoms with Crippen LogP contribution in [0.2, 0.25) is 0 Å². The summed E-state index contributed by atoms with van der Waals surface area (Å²) in [7, 11) is 1.58. The van der Waals surface area contributed by atoms with E-state index in [9.17, 15) is 4.79 Å². The Morgan fingerprint density at radius 3 is 2.88 bits per heavy atom. The molecular formula is C12H11NO3. The maximum atomic E-state index is 11.0. The second-order valence-electron chi connectivity index (χ2n) is 3.32. The van der Waals surface area contributed by atoms with Gasteiger partial charge >= 0.3 is 5.97 Å². The first-order chi connectivity index (χ1) is 7.72. The maximum Gasteiger partial charge on any atom is 0.337 e. The minimum Gasteiger partial charge on any atom is -0.497 e. The molecule has 0 radical (unpaired) electrons. The molecule has 0 atom stereocenters. The van der Waals surface area contributed by atoms with Crippen LogP contribution in [-0.4, -0.2) is 23.2 Å².